The third kappa shape index (κ3) is 4.27. The lowest BCUT2D eigenvalue weighted by Crippen LogP contribution is -2.37. The first-order valence-electron chi connectivity index (χ1n) is 7.86. The fraction of sp³-hybridized carbons (Fsp3) is 0.222. The second-order valence-corrected chi connectivity index (χ2v) is 5.47. The van der Waals surface area contributed by atoms with Gasteiger partial charge in [-0.3, -0.25) is 4.79 Å². The van der Waals surface area contributed by atoms with Crippen molar-refractivity contribution in [3.05, 3.63) is 54.0 Å². The van der Waals surface area contributed by atoms with Crippen molar-refractivity contribution in [3.63, 3.8) is 0 Å². The molecule has 0 bridgehead atoms. The van der Waals surface area contributed by atoms with Crippen molar-refractivity contribution in [1.82, 2.24) is 0 Å². The van der Waals surface area contributed by atoms with Crippen molar-refractivity contribution in [2.24, 2.45) is 0 Å². The molecule has 2 aromatic rings. The maximum Gasteiger partial charge on any atom is 0.337 e. The van der Waals surface area contributed by atoms with Gasteiger partial charge in [-0.05, 0) is 36.4 Å². The summed E-state index contributed by atoms with van der Waals surface area (Å²) in [4.78, 5) is 25.5. The number of furan rings is 1. The molecule has 25 heavy (non-hydrogen) atoms. The zero-order chi connectivity index (χ0) is 17.6. The first kappa shape index (κ1) is 16.8. The molecule has 0 spiro atoms. The lowest BCUT2D eigenvalue weighted by Gasteiger charge is -2.30. The van der Waals surface area contributed by atoms with Crippen LogP contribution in [0, 0.1) is 0 Å². The number of anilines is 2. The molecule has 7 heteroatoms. The Kier molecular flexibility index (Phi) is 5.15. The standard InChI is InChI=1S/C18H18N2O5/c21-17(6-4-14-2-1-9-25-14)19-13-3-5-16(15(12-13)18(22)23)20-7-10-24-11-8-20/h1-6,9,12H,7-8,10-11H2,(H,19,21)(H,22,23)/b6-4+. The molecule has 7 nitrogen and oxygen atoms in total. The number of carboxylic acids is 1. The third-order valence-electron chi connectivity index (χ3n) is 3.79. The van der Waals surface area contributed by atoms with E-state index < -0.39 is 5.97 Å². The van der Waals surface area contributed by atoms with Crippen molar-refractivity contribution in [3.8, 4) is 0 Å². The van der Waals surface area contributed by atoms with Gasteiger partial charge in [0.05, 0.1) is 30.7 Å². The Balaban J connectivity index is 1.74. The number of rotatable bonds is 5. The van der Waals surface area contributed by atoms with Gasteiger partial charge >= 0.3 is 5.97 Å². The molecule has 0 radical (unpaired) electrons. The number of morpholine rings is 1. The van der Waals surface area contributed by atoms with Gasteiger partial charge in [0.15, 0.2) is 0 Å². The topological polar surface area (TPSA) is 92.0 Å². The summed E-state index contributed by atoms with van der Waals surface area (Å²) in [5.41, 5.74) is 1.19. The molecule has 130 valence electrons. The maximum atomic E-state index is 12.0. The van der Waals surface area contributed by atoms with Crippen molar-refractivity contribution in [2.75, 3.05) is 36.5 Å². The van der Waals surface area contributed by atoms with Gasteiger partial charge in [-0.25, -0.2) is 4.79 Å². The molecule has 2 heterocycles. The first-order valence-corrected chi connectivity index (χ1v) is 7.86. The highest BCUT2D eigenvalue weighted by atomic mass is 16.5. The van der Waals surface area contributed by atoms with Gasteiger partial charge < -0.3 is 24.5 Å². The van der Waals surface area contributed by atoms with Crippen LogP contribution in [0.3, 0.4) is 0 Å². The summed E-state index contributed by atoms with van der Waals surface area (Å²) >= 11 is 0. The lowest BCUT2D eigenvalue weighted by molar-refractivity contribution is -0.111. The van der Waals surface area contributed by atoms with Crippen LogP contribution >= 0.6 is 0 Å². The number of ether oxygens (including phenoxy) is 1. The van der Waals surface area contributed by atoms with Gasteiger partial charge in [-0.15, -0.1) is 0 Å². The number of carbonyl (C=O) groups excluding carboxylic acids is 1. The number of hydrogen-bond acceptors (Lipinski definition) is 5. The van der Waals surface area contributed by atoms with Crippen molar-refractivity contribution in [1.29, 1.82) is 0 Å². The van der Waals surface area contributed by atoms with Crippen LogP contribution in [0.15, 0.2) is 47.1 Å². The normalized spacial score (nSPS) is 14.6. The van der Waals surface area contributed by atoms with E-state index in [0.717, 1.165) is 0 Å². The molecular formula is C18H18N2O5. The minimum absolute atomic E-state index is 0.148. The number of benzene rings is 1. The monoisotopic (exact) mass is 342 g/mol. The molecule has 1 fully saturated rings. The first-order chi connectivity index (χ1) is 12.1. The van der Waals surface area contributed by atoms with Gasteiger partial charge in [-0.1, -0.05) is 0 Å². The number of aromatic carboxylic acids is 1. The Morgan fingerprint density at radius 1 is 1.20 bits per heavy atom. The maximum absolute atomic E-state index is 12.0. The minimum Gasteiger partial charge on any atom is -0.478 e. The van der Waals surface area contributed by atoms with E-state index >= 15 is 0 Å². The number of carboxylic acid groups (broad SMARTS) is 1. The number of carbonyl (C=O) groups is 2. The number of nitrogens with one attached hydrogen (secondary N) is 1. The Bertz CT molecular complexity index is 777. The summed E-state index contributed by atoms with van der Waals surface area (Å²) in [6.45, 7) is 2.40. The predicted octanol–water partition coefficient (Wildman–Crippen LogP) is 2.47. The van der Waals surface area contributed by atoms with Crippen LogP contribution in [0.2, 0.25) is 0 Å². The summed E-state index contributed by atoms with van der Waals surface area (Å²) < 4.78 is 10.4. The van der Waals surface area contributed by atoms with E-state index in [1.165, 1.54) is 24.5 Å². The van der Waals surface area contributed by atoms with E-state index in [1.807, 2.05) is 4.90 Å². The fourth-order valence-corrected chi connectivity index (χ4v) is 2.59. The third-order valence-corrected chi connectivity index (χ3v) is 3.79. The highest BCUT2D eigenvalue weighted by molar-refractivity contribution is 6.03. The SMILES string of the molecule is O=C(/C=C/c1ccco1)Nc1ccc(N2CCOCC2)c(C(=O)O)c1. The molecule has 1 saturated heterocycles. The molecule has 3 rings (SSSR count). The molecular weight excluding hydrogens is 324 g/mol. The van der Waals surface area contributed by atoms with Gasteiger partial charge in [0, 0.05) is 24.9 Å². The van der Waals surface area contributed by atoms with E-state index in [1.54, 1.807) is 24.3 Å². The average Bonchev–Trinajstić information content (AvgIpc) is 3.14. The Labute approximate surface area is 144 Å². The molecule has 1 aliphatic heterocycles. The highest BCUT2D eigenvalue weighted by Crippen LogP contribution is 2.25. The van der Waals surface area contributed by atoms with E-state index in [9.17, 15) is 14.7 Å². The van der Waals surface area contributed by atoms with Crippen LogP contribution in [0.5, 0.6) is 0 Å². The summed E-state index contributed by atoms with van der Waals surface area (Å²) in [6.07, 6.45) is 4.38. The number of amides is 1. The summed E-state index contributed by atoms with van der Waals surface area (Å²) in [6, 6.07) is 8.31. The summed E-state index contributed by atoms with van der Waals surface area (Å²) in [7, 11) is 0. The van der Waals surface area contributed by atoms with Gasteiger partial charge in [0.25, 0.3) is 0 Å². The molecule has 1 amide bonds. The van der Waals surface area contributed by atoms with Crippen LogP contribution in [0.25, 0.3) is 6.08 Å². The van der Waals surface area contributed by atoms with E-state index in [-0.39, 0.29) is 11.5 Å². The van der Waals surface area contributed by atoms with Gasteiger partial charge in [-0.2, -0.15) is 0 Å². The van der Waals surface area contributed by atoms with E-state index in [2.05, 4.69) is 5.32 Å². The Morgan fingerprint density at radius 2 is 2.00 bits per heavy atom. The zero-order valence-electron chi connectivity index (χ0n) is 13.5. The second-order valence-electron chi connectivity index (χ2n) is 5.47. The van der Waals surface area contributed by atoms with Crippen LogP contribution in [0.1, 0.15) is 16.1 Å². The molecule has 1 aromatic carbocycles. The quantitative estimate of drug-likeness (QED) is 0.811. The molecule has 1 aromatic heterocycles. The summed E-state index contributed by atoms with van der Waals surface area (Å²) in [5.74, 6) is -0.848. The molecule has 0 aliphatic carbocycles. The van der Waals surface area contributed by atoms with Gasteiger partial charge in [0.1, 0.15) is 5.76 Å². The van der Waals surface area contributed by atoms with E-state index in [0.29, 0.717) is 43.4 Å². The Hall–Kier alpha value is -3.06. The second kappa shape index (κ2) is 7.67. The van der Waals surface area contributed by atoms with Crippen molar-refractivity contribution >= 4 is 29.3 Å². The lowest BCUT2D eigenvalue weighted by atomic mass is 10.1. The largest absolute Gasteiger partial charge is 0.478 e. The summed E-state index contributed by atoms with van der Waals surface area (Å²) in [5, 5.41) is 12.1. The molecule has 2 N–H and O–H groups in total. The van der Waals surface area contributed by atoms with Crippen LogP contribution in [0.4, 0.5) is 11.4 Å². The van der Waals surface area contributed by atoms with E-state index in [4.69, 9.17) is 9.15 Å². The number of hydrogen-bond donors (Lipinski definition) is 2. The fourth-order valence-electron chi connectivity index (χ4n) is 2.59. The molecule has 0 saturated carbocycles. The average molecular weight is 342 g/mol. The smallest absolute Gasteiger partial charge is 0.337 e. The Morgan fingerprint density at radius 3 is 2.68 bits per heavy atom. The van der Waals surface area contributed by atoms with Gasteiger partial charge in [0.2, 0.25) is 5.91 Å². The predicted molar refractivity (Wildman–Crippen MR) is 92.8 cm³/mol. The van der Waals surface area contributed by atoms with Crippen LogP contribution in [-0.2, 0) is 9.53 Å². The van der Waals surface area contributed by atoms with Crippen molar-refractivity contribution in [2.45, 2.75) is 0 Å². The van der Waals surface area contributed by atoms with Crippen LogP contribution in [-0.4, -0.2) is 43.3 Å². The van der Waals surface area contributed by atoms with Crippen molar-refractivity contribution < 1.29 is 23.8 Å². The molecule has 0 unspecified atom stereocenters. The highest BCUT2D eigenvalue weighted by Gasteiger charge is 2.19. The van der Waals surface area contributed by atoms with Crippen LogP contribution < -0.4 is 10.2 Å². The molecule has 0 atom stereocenters. The molecule has 1 aliphatic rings. The minimum atomic E-state index is -1.04. The number of nitrogens with zero attached hydrogens (tertiary/aromatic N) is 1. The zero-order valence-corrected chi connectivity index (χ0v) is 13.5.